The van der Waals surface area contributed by atoms with Crippen LogP contribution in [-0.2, 0) is 0 Å². The van der Waals surface area contributed by atoms with Gasteiger partial charge in [0.05, 0.1) is 11.7 Å². The van der Waals surface area contributed by atoms with Crippen molar-refractivity contribution in [3.63, 3.8) is 0 Å². The number of hydrogen-bond acceptors (Lipinski definition) is 3. The zero-order valence-electron chi connectivity index (χ0n) is 14.7. The molecule has 0 radical (unpaired) electrons. The van der Waals surface area contributed by atoms with Gasteiger partial charge in [0.2, 0.25) is 0 Å². The fraction of sp³-hybridized carbons (Fsp3) is 0.789. The third-order valence-electron chi connectivity index (χ3n) is 5.24. The molecule has 0 aromatic heterocycles. The first-order chi connectivity index (χ1) is 10.3. The maximum absolute atomic E-state index is 10.7. The van der Waals surface area contributed by atoms with Gasteiger partial charge < -0.3 is 10.2 Å². The monoisotopic (exact) mass is 307 g/mol. The van der Waals surface area contributed by atoms with Crippen LogP contribution in [0.5, 0.6) is 0 Å². The molecule has 0 spiro atoms. The zero-order chi connectivity index (χ0) is 16.3. The second-order valence-corrected chi connectivity index (χ2v) is 7.57. The molecule has 2 N–H and O–H groups in total. The minimum atomic E-state index is -0.600. The lowest BCUT2D eigenvalue weighted by atomic mass is 9.82. The van der Waals surface area contributed by atoms with Gasteiger partial charge in [-0.2, -0.15) is 0 Å². The first kappa shape index (κ1) is 17.7. The fourth-order valence-electron chi connectivity index (χ4n) is 4.19. The van der Waals surface area contributed by atoms with Crippen molar-refractivity contribution >= 4 is 0 Å². The number of rotatable bonds is 5. The highest BCUT2D eigenvalue weighted by molar-refractivity contribution is 5.18. The average Bonchev–Trinajstić information content (AvgIpc) is 2.87. The van der Waals surface area contributed by atoms with E-state index in [9.17, 15) is 10.2 Å². The Labute approximate surface area is 135 Å². The summed E-state index contributed by atoms with van der Waals surface area (Å²) < 4.78 is 0. The third kappa shape index (κ3) is 4.21. The lowest BCUT2D eigenvalue weighted by Crippen LogP contribution is -2.52. The highest BCUT2D eigenvalue weighted by Crippen LogP contribution is 2.37. The summed E-state index contributed by atoms with van der Waals surface area (Å²) in [4.78, 5) is 2.43. The Bertz CT molecular complexity index is 439. The van der Waals surface area contributed by atoms with E-state index in [1.807, 2.05) is 13.8 Å². The van der Waals surface area contributed by atoms with Crippen LogP contribution in [0.15, 0.2) is 23.3 Å². The number of aliphatic hydroxyl groups is 2. The number of allylic oxidation sites excluding steroid dienone is 2. The molecule has 0 aromatic carbocycles. The van der Waals surface area contributed by atoms with Crippen LogP contribution in [0.3, 0.4) is 0 Å². The first-order valence-corrected chi connectivity index (χ1v) is 8.84. The lowest BCUT2D eigenvalue weighted by Gasteiger charge is -2.43. The molecule has 4 atom stereocenters. The average molecular weight is 307 g/mol. The summed E-state index contributed by atoms with van der Waals surface area (Å²) in [5.41, 5.74) is 1.81. The molecule has 0 aliphatic carbocycles. The molecular weight excluding hydrogens is 274 g/mol. The molecule has 22 heavy (non-hydrogen) atoms. The Kier molecular flexibility index (Phi) is 5.87. The number of nitrogens with zero attached hydrogens (tertiary/aromatic N) is 1. The smallest absolute Gasteiger partial charge is 0.0811 e. The predicted octanol–water partition coefficient (Wildman–Crippen LogP) is 3.28. The van der Waals surface area contributed by atoms with Crippen molar-refractivity contribution in [2.75, 3.05) is 13.1 Å². The van der Waals surface area contributed by atoms with Crippen LogP contribution >= 0.6 is 0 Å². The zero-order valence-corrected chi connectivity index (χ0v) is 14.7. The topological polar surface area (TPSA) is 43.7 Å². The summed E-state index contributed by atoms with van der Waals surface area (Å²) in [5, 5.41) is 21.0. The van der Waals surface area contributed by atoms with E-state index in [1.54, 1.807) is 0 Å². The van der Waals surface area contributed by atoms with Gasteiger partial charge in [-0.1, -0.05) is 31.6 Å². The van der Waals surface area contributed by atoms with Crippen molar-refractivity contribution in [3.05, 3.63) is 23.3 Å². The van der Waals surface area contributed by atoms with Gasteiger partial charge in [-0.3, -0.25) is 4.90 Å². The van der Waals surface area contributed by atoms with Crippen LogP contribution in [0.4, 0.5) is 0 Å². The van der Waals surface area contributed by atoms with E-state index in [0.717, 1.165) is 44.3 Å². The maximum atomic E-state index is 10.7. The summed E-state index contributed by atoms with van der Waals surface area (Å²) in [5.74, 6) is 0.333. The van der Waals surface area contributed by atoms with E-state index in [1.165, 1.54) is 12.0 Å². The van der Waals surface area contributed by atoms with Crippen molar-refractivity contribution in [2.24, 2.45) is 5.92 Å². The van der Waals surface area contributed by atoms with Gasteiger partial charge in [0.25, 0.3) is 0 Å². The molecule has 2 aliphatic rings. The van der Waals surface area contributed by atoms with Crippen LogP contribution in [0.1, 0.15) is 59.8 Å². The standard InChI is InChI=1S/C19H33NO2/c1-5-7-15(3)17(21)11-14(2)10-16-12-19(4,22)18-8-6-9-20(18)13-16/h7,10,14,17-18,21-22H,5-6,8-9,11-13H2,1-4H3. The molecule has 0 bridgehead atoms. The van der Waals surface area contributed by atoms with E-state index in [4.69, 9.17) is 0 Å². The normalized spacial score (nSPS) is 34.7. The van der Waals surface area contributed by atoms with Crippen molar-refractivity contribution < 1.29 is 10.2 Å². The van der Waals surface area contributed by atoms with Gasteiger partial charge in [-0.15, -0.1) is 0 Å². The Balaban J connectivity index is 1.98. The van der Waals surface area contributed by atoms with E-state index in [-0.39, 0.29) is 6.10 Å². The quantitative estimate of drug-likeness (QED) is 0.766. The van der Waals surface area contributed by atoms with Crippen LogP contribution in [0.25, 0.3) is 0 Å². The van der Waals surface area contributed by atoms with E-state index < -0.39 is 5.60 Å². The third-order valence-corrected chi connectivity index (χ3v) is 5.24. The van der Waals surface area contributed by atoms with Crippen molar-refractivity contribution in [2.45, 2.75) is 77.5 Å². The number of hydrogen-bond donors (Lipinski definition) is 2. The molecule has 2 saturated heterocycles. The van der Waals surface area contributed by atoms with E-state index in [0.29, 0.717) is 12.0 Å². The number of aliphatic hydroxyl groups excluding tert-OH is 1. The van der Waals surface area contributed by atoms with Crippen molar-refractivity contribution in [1.29, 1.82) is 0 Å². The SMILES string of the molecule is CCC=C(C)C(O)CC(C)C=C1CN2CCCC2C(C)(O)C1. The second-order valence-electron chi connectivity index (χ2n) is 7.57. The van der Waals surface area contributed by atoms with Gasteiger partial charge in [-0.05, 0) is 64.0 Å². The predicted molar refractivity (Wildman–Crippen MR) is 91.8 cm³/mol. The molecule has 2 fully saturated rings. The molecule has 3 nitrogen and oxygen atoms in total. The molecule has 2 rings (SSSR count). The fourth-order valence-corrected chi connectivity index (χ4v) is 4.19. The lowest BCUT2D eigenvalue weighted by molar-refractivity contribution is -0.0330. The minimum Gasteiger partial charge on any atom is -0.389 e. The Morgan fingerprint density at radius 3 is 2.91 bits per heavy atom. The molecule has 3 heteroatoms. The highest BCUT2D eigenvalue weighted by Gasteiger charge is 2.43. The van der Waals surface area contributed by atoms with Crippen LogP contribution in [0.2, 0.25) is 0 Å². The van der Waals surface area contributed by atoms with Crippen molar-refractivity contribution in [3.8, 4) is 0 Å². The van der Waals surface area contributed by atoms with Gasteiger partial charge in [-0.25, -0.2) is 0 Å². The van der Waals surface area contributed by atoms with Gasteiger partial charge in [0.15, 0.2) is 0 Å². The summed E-state index contributed by atoms with van der Waals surface area (Å²) in [6.07, 6.45) is 8.86. The van der Waals surface area contributed by atoms with Crippen LogP contribution < -0.4 is 0 Å². The van der Waals surface area contributed by atoms with E-state index >= 15 is 0 Å². The Morgan fingerprint density at radius 1 is 1.50 bits per heavy atom. The van der Waals surface area contributed by atoms with Gasteiger partial charge in [0, 0.05) is 12.6 Å². The molecule has 2 aliphatic heterocycles. The molecule has 126 valence electrons. The largest absolute Gasteiger partial charge is 0.389 e. The maximum Gasteiger partial charge on any atom is 0.0811 e. The van der Waals surface area contributed by atoms with Crippen molar-refractivity contribution in [1.82, 2.24) is 4.90 Å². The molecule has 2 heterocycles. The molecule has 0 amide bonds. The molecule has 4 unspecified atom stereocenters. The Morgan fingerprint density at radius 2 is 2.23 bits per heavy atom. The van der Waals surface area contributed by atoms with E-state index in [2.05, 4.69) is 30.9 Å². The van der Waals surface area contributed by atoms with Gasteiger partial charge >= 0.3 is 0 Å². The Hall–Kier alpha value is -0.640. The molecule has 0 saturated carbocycles. The van der Waals surface area contributed by atoms with Gasteiger partial charge in [0.1, 0.15) is 0 Å². The summed E-state index contributed by atoms with van der Waals surface area (Å²) >= 11 is 0. The summed E-state index contributed by atoms with van der Waals surface area (Å²) in [6.45, 7) is 10.3. The van der Waals surface area contributed by atoms with Crippen LogP contribution in [0, 0.1) is 5.92 Å². The minimum absolute atomic E-state index is 0.333. The molecular formula is C19H33NO2. The summed E-state index contributed by atoms with van der Waals surface area (Å²) in [7, 11) is 0. The molecule has 0 aromatic rings. The number of fused-ring (bicyclic) bond motifs is 1. The summed E-state index contributed by atoms with van der Waals surface area (Å²) in [6, 6.07) is 0.334. The highest BCUT2D eigenvalue weighted by atomic mass is 16.3. The first-order valence-electron chi connectivity index (χ1n) is 8.84. The van der Waals surface area contributed by atoms with Crippen LogP contribution in [-0.4, -0.2) is 45.9 Å². The number of piperidine rings is 1. The second kappa shape index (κ2) is 7.29.